The molecule has 96 valence electrons. The van der Waals surface area contributed by atoms with Crippen LogP contribution in [0.25, 0.3) is 0 Å². The molecule has 2 atom stereocenters. The van der Waals surface area contributed by atoms with E-state index < -0.39 is 0 Å². The van der Waals surface area contributed by atoms with Crippen LogP contribution in [0.4, 0.5) is 0 Å². The Bertz CT molecular complexity index is 355. The summed E-state index contributed by atoms with van der Waals surface area (Å²) in [4.78, 5) is 0. The normalized spacial score (nSPS) is 27.0. The first-order valence-corrected chi connectivity index (χ1v) is 6.58. The van der Waals surface area contributed by atoms with Crippen LogP contribution < -0.4 is 5.73 Å². The maximum Gasteiger partial charge on any atom is 0.0861 e. The average Bonchev–Trinajstić information content (AvgIpc) is 2.78. The lowest BCUT2D eigenvalue weighted by Crippen LogP contribution is -2.44. The molecule has 0 amide bonds. The maximum absolute atomic E-state index is 6.39. The first-order chi connectivity index (χ1) is 8.17. The van der Waals surface area contributed by atoms with Crippen molar-refractivity contribution < 1.29 is 4.74 Å². The summed E-state index contributed by atoms with van der Waals surface area (Å²) in [6, 6.07) is 1.93. The summed E-state index contributed by atoms with van der Waals surface area (Å²) >= 11 is 0. The Kier molecular flexibility index (Phi) is 3.84. The molecular formula is C13H23N3O. The summed E-state index contributed by atoms with van der Waals surface area (Å²) in [5.41, 5.74) is 7.26. The van der Waals surface area contributed by atoms with E-state index in [0.717, 1.165) is 38.1 Å². The summed E-state index contributed by atoms with van der Waals surface area (Å²) in [5.74, 6) is 0. The maximum atomic E-state index is 6.39. The van der Waals surface area contributed by atoms with Crippen molar-refractivity contribution in [2.75, 3.05) is 6.61 Å². The number of hydrogen-bond acceptors (Lipinski definition) is 3. The van der Waals surface area contributed by atoms with E-state index in [0.29, 0.717) is 0 Å². The van der Waals surface area contributed by atoms with E-state index in [2.05, 4.69) is 18.9 Å². The van der Waals surface area contributed by atoms with Crippen molar-refractivity contribution in [1.82, 2.24) is 9.78 Å². The third-order valence-electron chi connectivity index (χ3n) is 3.66. The highest BCUT2D eigenvalue weighted by Crippen LogP contribution is 2.34. The van der Waals surface area contributed by atoms with Crippen molar-refractivity contribution in [2.45, 2.75) is 57.7 Å². The molecule has 4 heteroatoms. The van der Waals surface area contributed by atoms with Crippen LogP contribution in [0.2, 0.25) is 0 Å². The molecule has 1 aromatic heterocycles. The van der Waals surface area contributed by atoms with Crippen LogP contribution in [-0.4, -0.2) is 22.0 Å². The molecule has 2 unspecified atom stereocenters. The molecule has 0 bridgehead atoms. The van der Waals surface area contributed by atoms with E-state index >= 15 is 0 Å². The van der Waals surface area contributed by atoms with Crippen LogP contribution in [-0.2, 0) is 11.3 Å². The smallest absolute Gasteiger partial charge is 0.0861 e. The van der Waals surface area contributed by atoms with E-state index in [1.165, 1.54) is 6.42 Å². The topological polar surface area (TPSA) is 53.1 Å². The Morgan fingerprint density at radius 1 is 1.59 bits per heavy atom. The fraction of sp³-hybridized carbons (Fsp3) is 0.769. The Hall–Kier alpha value is -0.870. The van der Waals surface area contributed by atoms with Gasteiger partial charge in [0.05, 0.1) is 17.3 Å². The predicted octanol–water partition coefficient (Wildman–Crippen LogP) is 2.25. The highest BCUT2D eigenvalue weighted by Gasteiger charge is 2.36. The second-order valence-corrected chi connectivity index (χ2v) is 5.08. The van der Waals surface area contributed by atoms with Gasteiger partial charge in [-0.15, -0.1) is 0 Å². The van der Waals surface area contributed by atoms with Gasteiger partial charge in [0.2, 0.25) is 0 Å². The SMILES string of the molecule is CCCn1nccc1C(N)C1(C)CCCCO1. The van der Waals surface area contributed by atoms with Crippen molar-refractivity contribution in [3.8, 4) is 0 Å². The molecular weight excluding hydrogens is 214 g/mol. The molecule has 1 fully saturated rings. The minimum absolute atomic E-state index is 0.0863. The molecule has 0 aromatic carbocycles. The fourth-order valence-corrected chi connectivity index (χ4v) is 2.52. The second-order valence-electron chi connectivity index (χ2n) is 5.08. The molecule has 1 aromatic rings. The molecule has 1 aliphatic heterocycles. The van der Waals surface area contributed by atoms with Gasteiger partial charge in [0.15, 0.2) is 0 Å². The van der Waals surface area contributed by atoms with Crippen LogP contribution in [0.15, 0.2) is 12.3 Å². The van der Waals surface area contributed by atoms with Gasteiger partial charge in [-0.05, 0) is 38.7 Å². The number of nitrogens with zero attached hydrogens (tertiary/aromatic N) is 2. The van der Waals surface area contributed by atoms with E-state index in [1.807, 2.05) is 16.9 Å². The Morgan fingerprint density at radius 2 is 2.41 bits per heavy atom. The quantitative estimate of drug-likeness (QED) is 0.874. The van der Waals surface area contributed by atoms with E-state index in [-0.39, 0.29) is 11.6 Å². The lowest BCUT2D eigenvalue weighted by Gasteiger charge is -2.38. The number of aryl methyl sites for hydroxylation is 1. The van der Waals surface area contributed by atoms with Gasteiger partial charge in [-0.1, -0.05) is 6.92 Å². The minimum atomic E-state index is -0.232. The lowest BCUT2D eigenvalue weighted by molar-refractivity contribution is -0.0835. The van der Waals surface area contributed by atoms with Gasteiger partial charge in [-0.3, -0.25) is 4.68 Å². The number of nitrogens with two attached hydrogens (primary N) is 1. The summed E-state index contributed by atoms with van der Waals surface area (Å²) in [6.07, 6.45) is 6.28. The molecule has 17 heavy (non-hydrogen) atoms. The van der Waals surface area contributed by atoms with Gasteiger partial charge < -0.3 is 10.5 Å². The summed E-state index contributed by atoms with van der Waals surface area (Å²) < 4.78 is 7.93. The fourth-order valence-electron chi connectivity index (χ4n) is 2.52. The van der Waals surface area contributed by atoms with Crippen LogP contribution in [0.1, 0.15) is 51.3 Å². The summed E-state index contributed by atoms with van der Waals surface area (Å²) in [7, 11) is 0. The van der Waals surface area contributed by atoms with E-state index in [1.54, 1.807) is 0 Å². The zero-order valence-electron chi connectivity index (χ0n) is 10.9. The van der Waals surface area contributed by atoms with Gasteiger partial charge in [0.25, 0.3) is 0 Å². The highest BCUT2D eigenvalue weighted by atomic mass is 16.5. The first-order valence-electron chi connectivity index (χ1n) is 6.58. The number of hydrogen-bond donors (Lipinski definition) is 1. The third-order valence-corrected chi connectivity index (χ3v) is 3.66. The van der Waals surface area contributed by atoms with Gasteiger partial charge in [-0.25, -0.2) is 0 Å². The monoisotopic (exact) mass is 237 g/mol. The molecule has 4 nitrogen and oxygen atoms in total. The van der Waals surface area contributed by atoms with Crippen molar-refractivity contribution in [3.63, 3.8) is 0 Å². The molecule has 2 rings (SSSR count). The minimum Gasteiger partial charge on any atom is -0.373 e. The second kappa shape index (κ2) is 5.19. The average molecular weight is 237 g/mol. The molecule has 0 aliphatic carbocycles. The largest absolute Gasteiger partial charge is 0.373 e. The Balaban J connectivity index is 2.17. The van der Waals surface area contributed by atoms with Gasteiger partial charge in [0.1, 0.15) is 0 Å². The molecule has 0 radical (unpaired) electrons. The molecule has 2 heterocycles. The highest BCUT2D eigenvalue weighted by molar-refractivity contribution is 5.12. The molecule has 0 saturated carbocycles. The van der Waals surface area contributed by atoms with Gasteiger partial charge >= 0.3 is 0 Å². The lowest BCUT2D eigenvalue weighted by atomic mass is 9.87. The summed E-state index contributed by atoms with van der Waals surface area (Å²) in [5, 5.41) is 4.33. The zero-order valence-corrected chi connectivity index (χ0v) is 10.9. The number of rotatable bonds is 4. The van der Waals surface area contributed by atoms with E-state index in [4.69, 9.17) is 10.5 Å². The van der Waals surface area contributed by atoms with Crippen molar-refractivity contribution in [2.24, 2.45) is 5.73 Å². The number of aromatic nitrogens is 2. The van der Waals surface area contributed by atoms with Crippen molar-refractivity contribution in [1.29, 1.82) is 0 Å². The van der Waals surface area contributed by atoms with Gasteiger partial charge in [-0.2, -0.15) is 5.10 Å². The first kappa shape index (κ1) is 12.6. The standard InChI is InChI=1S/C13H23N3O/c1-3-9-16-11(6-8-15-16)12(14)13(2)7-4-5-10-17-13/h6,8,12H,3-5,7,9-10,14H2,1-2H3. The molecule has 0 spiro atoms. The van der Waals surface area contributed by atoms with Crippen LogP contribution in [0, 0.1) is 0 Å². The third kappa shape index (κ3) is 2.53. The van der Waals surface area contributed by atoms with E-state index in [9.17, 15) is 0 Å². The van der Waals surface area contributed by atoms with Crippen molar-refractivity contribution >= 4 is 0 Å². The summed E-state index contributed by atoms with van der Waals surface area (Å²) in [6.45, 7) is 6.02. The van der Waals surface area contributed by atoms with Crippen LogP contribution in [0.5, 0.6) is 0 Å². The Labute approximate surface area is 103 Å². The van der Waals surface area contributed by atoms with Crippen LogP contribution >= 0.6 is 0 Å². The number of ether oxygens (including phenoxy) is 1. The molecule has 1 saturated heterocycles. The Morgan fingerprint density at radius 3 is 3.06 bits per heavy atom. The van der Waals surface area contributed by atoms with Crippen LogP contribution in [0.3, 0.4) is 0 Å². The molecule has 2 N–H and O–H groups in total. The predicted molar refractivity (Wildman–Crippen MR) is 67.7 cm³/mol. The zero-order chi connectivity index (χ0) is 12.3. The molecule has 1 aliphatic rings. The van der Waals surface area contributed by atoms with Crippen molar-refractivity contribution in [3.05, 3.63) is 18.0 Å². The van der Waals surface area contributed by atoms with Gasteiger partial charge in [0, 0.05) is 19.3 Å².